The lowest BCUT2D eigenvalue weighted by molar-refractivity contribution is -0.259. The zero-order chi connectivity index (χ0) is 18.4. The Morgan fingerprint density at radius 2 is 1.92 bits per heavy atom. The van der Waals surface area contributed by atoms with Gasteiger partial charge in [0.05, 0.1) is 0 Å². The van der Waals surface area contributed by atoms with E-state index in [-0.39, 0.29) is 36.9 Å². The van der Waals surface area contributed by atoms with Gasteiger partial charge in [-0.25, -0.2) is 0 Å². The minimum absolute atomic E-state index is 0.192. The zero-order valence-electron chi connectivity index (χ0n) is 12.7. The van der Waals surface area contributed by atoms with Crippen LogP contribution in [-0.2, 0) is 4.79 Å². The number of alkyl halides is 5. The minimum Gasteiger partial charge on any atom is -0.385 e. The Morgan fingerprint density at radius 1 is 1.25 bits per heavy atom. The van der Waals surface area contributed by atoms with E-state index < -0.39 is 24.0 Å². The van der Waals surface area contributed by atoms with Crippen LogP contribution >= 0.6 is 0 Å². The van der Waals surface area contributed by atoms with Crippen molar-refractivity contribution in [3.63, 3.8) is 0 Å². The van der Waals surface area contributed by atoms with E-state index in [4.69, 9.17) is 0 Å². The molecule has 0 fully saturated rings. The van der Waals surface area contributed by atoms with Crippen LogP contribution in [0, 0.1) is 0 Å². The Morgan fingerprint density at radius 3 is 2.50 bits per heavy atom. The third kappa shape index (κ3) is 6.05. The van der Waals surface area contributed by atoms with Crippen LogP contribution in [0.5, 0.6) is 0 Å². The highest BCUT2D eigenvalue weighted by Gasteiger charge is 2.55. The maximum Gasteiger partial charge on any atom is 0.457 e. The van der Waals surface area contributed by atoms with Crippen molar-refractivity contribution in [2.24, 2.45) is 0 Å². The molecule has 1 aromatic rings. The van der Waals surface area contributed by atoms with Crippen molar-refractivity contribution < 1.29 is 31.5 Å². The highest BCUT2D eigenvalue weighted by atomic mass is 19.4. The molecule has 0 unspecified atom stereocenters. The molecule has 132 valence electrons. The molecule has 0 aliphatic heterocycles. The van der Waals surface area contributed by atoms with Crippen LogP contribution in [0.2, 0.25) is 0 Å². The van der Waals surface area contributed by atoms with E-state index in [1.807, 2.05) is 0 Å². The van der Waals surface area contributed by atoms with Gasteiger partial charge >= 0.3 is 12.1 Å². The van der Waals surface area contributed by atoms with Gasteiger partial charge in [-0.15, -0.1) is 0 Å². The molecule has 9 heteroatoms. The number of nitrogens with zero attached hydrogens (tertiary/aromatic N) is 1. The van der Waals surface area contributed by atoms with Gasteiger partial charge in [0.2, 0.25) is 0 Å². The fourth-order valence-corrected chi connectivity index (χ4v) is 1.60. The van der Waals surface area contributed by atoms with E-state index >= 15 is 0 Å². The highest BCUT2D eigenvalue weighted by molar-refractivity contribution is 5.92. The first-order valence-electron chi connectivity index (χ1n) is 6.90. The predicted octanol–water partition coefficient (Wildman–Crippen LogP) is 3.80. The average Bonchev–Trinajstić information content (AvgIpc) is 2.49. The van der Waals surface area contributed by atoms with Crippen LogP contribution in [0.25, 0.3) is 0 Å². The number of rotatable bonds is 8. The molecular formula is C15H15F5N2O2. The lowest BCUT2D eigenvalue weighted by Gasteiger charge is -2.14. The van der Waals surface area contributed by atoms with Crippen molar-refractivity contribution >= 4 is 17.3 Å². The van der Waals surface area contributed by atoms with Crippen LogP contribution in [-0.4, -0.2) is 35.2 Å². The van der Waals surface area contributed by atoms with E-state index in [2.05, 4.69) is 10.3 Å². The zero-order valence-corrected chi connectivity index (χ0v) is 12.7. The smallest absolute Gasteiger partial charge is 0.385 e. The molecule has 0 spiro atoms. The summed E-state index contributed by atoms with van der Waals surface area (Å²) in [7, 11) is 0. The summed E-state index contributed by atoms with van der Waals surface area (Å²) in [5.41, 5.74) is 0.843. The Balaban J connectivity index is 2.41. The molecular weight excluding hydrogens is 335 g/mol. The van der Waals surface area contributed by atoms with E-state index in [9.17, 15) is 31.5 Å². The van der Waals surface area contributed by atoms with Crippen molar-refractivity contribution in [1.82, 2.24) is 4.98 Å². The molecule has 4 nitrogen and oxygen atoms in total. The fourth-order valence-electron chi connectivity index (χ4n) is 1.60. The maximum atomic E-state index is 12.6. The Kier molecular flexibility index (Phi) is 6.56. The Hall–Kier alpha value is -2.32. The number of pyridine rings is 1. The highest BCUT2D eigenvalue weighted by Crippen LogP contribution is 2.36. The van der Waals surface area contributed by atoms with Crippen molar-refractivity contribution in [2.75, 3.05) is 11.9 Å². The van der Waals surface area contributed by atoms with Crippen LogP contribution in [0.4, 0.5) is 27.6 Å². The Bertz CT molecular complexity index is 627. The molecule has 1 heterocycles. The standard InChI is InChI=1S/C15H15F5N2O2/c1-10(23)13-9-11(5-8-22-13)21-7-2-3-12(24)4-6-14(16,17)15(18,19)20/h4-6,8-9H,2-3,7H2,1H3,(H,21,22)/b6-4+. The first-order chi connectivity index (χ1) is 11.0. The second-order valence-corrected chi connectivity index (χ2v) is 4.94. The number of carbonyl (C=O) groups is 2. The summed E-state index contributed by atoms with van der Waals surface area (Å²) in [6.45, 7) is 1.63. The number of halogens is 5. The molecule has 0 atom stereocenters. The minimum atomic E-state index is -5.72. The first kappa shape index (κ1) is 19.7. The molecule has 0 aliphatic carbocycles. The van der Waals surface area contributed by atoms with Crippen LogP contribution in [0.15, 0.2) is 30.5 Å². The molecule has 0 aliphatic rings. The molecule has 24 heavy (non-hydrogen) atoms. The molecule has 0 aromatic carbocycles. The number of Topliss-reactive ketones (excluding diaryl/α,β-unsaturated/α-hetero) is 1. The van der Waals surface area contributed by atoms with Crippen molar-refractivity contribution in [3.05, 3.63) is 36.2 Å². The van der Waals surface area contributed by atoms with Crippen LogP contribution < -0.4 is 5.32 Å². The van der Waals surface area contributed by atoms with Gasteiger partial charge in [0.25, 0.3) is 0 Å². The van der Waals surface area contributed by atoms with Crippen molar-refractivity contribution in [2.45, 2.75) is 31.9 Å². The molecule has 1 rings (SSSR count). The summed E-state index contributed by atoms with van der Waals surface area (Å²) >= 11 is 0. The predicted molar refractivity (Wildman–Crippen MR) is 77.1 cm³/mol. The number of anilines is 1. The summed E-state index contributed by atoms with van der Waals surface area (Å²) < 4.78 is 60.9. The maximum absolute atomic E-state index is 12.6. The van der Waals surface area contributed by atoms with Gasteiger partial charge in [0.15, 0.2) is 11.6 Å². The summed E-state index contributed by atoms with van der Waals surface area (Å²) in [6, 6.07) is 3.10. The average molecular weight is 350 g/mol. The van der Waals surface area contributed by atoms with Gasteiger partial charge in [0.1, 0.15) is 5.69 Å². The van der Waals surface area contributed by atoms with E-state index in [1.165, 1.54) is 19.2 Å². The number of allylic oxidation sites excluding steroid dienone is 2. The molecule has 0 bridgehead atoms. The SMILES string of the molecule is CC(=O)c1cc(NCCCC(=O)/C=C/C(F)(F)C(F)(F)F)ccn1. The first-order valence-corrected chi connectivity index (χ1v) is 6.90. The fraction of sp³-hybridized carbons (Fsp3) is 0.400. The summed E-state index contributed by atoms with van der Waals surface area (Å²) in [5.74, 6) is -6.08. The van der Waals surface area contributed by atoms with Crippen molar-refractivity contribution in [1.29, 1.82) is 0 Å². The number of aromatic nitrogens is 1. The molecule has 0 saturated heterocycles. The second kappa shape index (κ2) is 7.98. The van der Waals surface area contributed by atoms with Crippen molar-refractivity contribution in [3.8, 4) is 0 Å². The molecule has 0 radical (unpaired) electrons. The third-order valence-corrected chi connectivity index (χ3v) is 2.91. The molecule has 0 amide bonds. The van der Waals surface area contributed by atoms with E-state index in [1.54, 1.807) is 6.07 Å². The molecule has 1 aromatic heterocycles. The normalized spacial score (nSPS) is 12.4. The number of nitrogens with one attached hydrogen (secondary N) is 1. The molecule has 0 saturated carbocycles. The van der Waals surface area contributed by atoms with Gasteiger partial charge in [-0.2, -0.15) is 22.0 Å². The number of hydrogen-bond donors (Lipinski definition) is 1. The van der Waals surface area contributed by atoms with Gasteiger partial charge in [-0.05, 0) is 30.7 Å². The van der Waals surface area contributed by atoms with E-state index in [0.29, 0.717) is 5.69 Å². The summed E-state index contributed by atoms with van der Waals surface area (Å²) in [5, 5.41) is 2.90. The lowest BCUT2D eigenvalue weighted by atomic mass is 10.1. The topological polar surface area (TPSA) is 59.1 Å². The quantitative estimate of drug-likeness (QED) is 0.335. The van der Waals surface area contributed by atoms with Crippen LogP contribution in [0.1, 0.15) is 30.3 Å². The number of hydrogen-bond acceptors (Lipinski definition) is 4. The summed E-state index contributed by atoms with van der Waals surface area (Å²) in [6.07, 6.45) is -4.47. The van der Waals surface area contributed by atoms with Gasteiger partial charge in [-0.3, -0.25) is 14.6 Å². The van der Waals surface area contributed by atoms with E-state index in [0.717, 1.165) is 0 Å². The van der Waals surface area contributed by atoms with Gasteiger partial charge in [0, 0.05) is 31.8 Å². The third-order valence-electron chi connectivity index (χ3n) is 2.91. The van der Waals surface area contributed by atoms with Gasteiger partial charge in [-0.1, -0.05) is 0 Å². The van der Waals surface area contributed by atoms with Gasteiger partial charge < -0.3 is 5.32 Å². The lowest BCUT2D eigenvalue weighted by Crippen LogP contribution is -2.34. The molecule has 1 N–H and O–H groups in total. The Labute approximate surface area is 134 Å². The van der Waals surface area contributed by atoms with Crippen LogP contribution in [0.3, 0.4) is 0 Å². The second-order valence-electron chi connectivity index (χ2n) is 4.94. The summed E-state index contributed by atoms with van der Waals surface area (Å²) in [4.78, 5) is 26.3. The largest absolute Gasteiger partial charge is 0.457 e. The number of ketones is 2. The monoisotopic (exact) mass is 350 g/mol. The number of carbonyl (C=O) groups excluding carboxylic acids is 2.